The van der Waals surface area contributed by atoms with E-state index in [0.29, 0.717) is 6.67 Å². The molecular weight excluding hydrogens is 208 g/mol. The minimum atomic E-state index is -0.0368. The predicted octanol–water partition coefficient (Wildman–Crippen LogP) is -0.0720. The van der Waals surface area contributed by atoms with Crippen LogP contribution in [-0.4, -0.2) is 52.8 Å². The number of aliphatic imine (C=N–C) groups is 2. The molecule has 16 heavy (non-hydrogen) atoms. The second-order valence-corrected chi connectivity index (χ2v) is 4.02. The lowest BCUT2D eigenvalue weighted by Crippen LogP contribution is -2.41. The van der Waals surface area contributed by atoms with Crippen molar-refractivity contribution in [1.82, 2.24) is 9.80 Å². The SMILES string of the molecule is OC[C@@H]1CC[C@H](N2C=CN3CN=CN=C32)O1. The van der Waals surface area contributed by atoms with Crippen molar-refractivity contribution in [3.8, 4) is 0 Å². The fourth-order valence-electron chi connectivity index (χ4n) is 2.15. The van der Waals surface area contributed by atoms with Crippen molar-refractivity contribution in [2.45, 2.75) is 25.2 Å². The molecule has 6 nitrogen and oxygen atoms in total. The molecule has 0 aromatic carbocycles. The normalized spacial score (nSPS) is 32.2. The Bertz CT molecular complexity index is 366. The number of nitrogens with zero attached hydrogens (tertiary/aromatic N) is 4. The zero-order valence-corrected chi connectivity index (χ0v) is 8.86. The number of fused-ring (bicyclic) bond motifs is 1. The molecule has 1 fully saturated rings. The molecule has 0 amide bonds. The Morgan fingerprint density at radius 2 is 2.38 bits per heavy atom. The monoisotopic (exact) mass is 222 g/mol. The van der Waals surface area contributed by atoms with Gasteiger partial charge in [-0.1, -0.05) is 0 Å². The molecule has 2 atom stereocenters. The van der Waals surface area contributed by atoms with Crippen LogP contribution >= 0.6 is 0 Å². The third-order valence-corrected chi connectivity index (χ3v) is 2.98. The van der Waals surface area contributed by atoms with Gasteiger partial charge in [-0.15, -0.1) is 0 Å². The topological polar surface area (TPSA) is 60.7 Å². The van der Waals surface area contributed by atoms with Crippen molar-refractivity contribution < 1.29 is 9.84 Å². The van der Waals surface area contributed by atoms with Gasteiger partial charge in [-0.25, -0.2) is 4.99 Å². The lowest BCUT2D eigenvalue weighted by atomic mass is 10.2. The number of hydrogen-bond donors (Lipinski definition) is 1. The van der Waals surface area contributed by atoms with Crippen LogP contribution in [0.25, 0.3) is 0 Å². The second kappa shape index (κ2) is 3.88. The third kappa shape index (κ3) is 1.50. The first-order valence-electron chi connectivity index (χ1n) is 5.44. The maximum Gasteiger partial charge on any atom is 0.214 e. The molecule has 0 spiro atoms. The van der Waals surface area contributed by atoms with Gasteiger partial charge in [0, 0.05) is 12.4 Å². The van der Waals surface area contributed by atoms with Crippen LogP contribution in [0.2, 0.25) is 0 Å². The minimum Gasteiger partial charge on any atom is -0.394 e. The Kier molecular flexibility index (Phi) is 2.37. The second-order valence-electron chi connectivity index (χ2n) is 4.02. The quantitative estimate of drug-likeness (QED) is 0.710. The fraction of sp³-hybridized carbons (Fsp3) is 0.600. The van der Waals surface area contributed by atoms with Crippen molar-refractivity contribution in [2.24, 2.45) is 9.98 Å². The minimum absolute atomic E-state index is 0.0105. The van der Waals surface area contributed by atoms with Crippen LogP contribution in [0, 0.1) is 0 Å². The smallest absolute Gasteiger partial charge is 0.214 e. The van der Waals surface area contributed by atoms with Gasteiger partial charge in [-0.3, -0.25) is 14.8 Å². The number of guanidine groups is 1. The summed E-state index contributed by atoms with van der Waals surface area (Å²) in [6.07, 6.45) is 7.24. The van der Waals surface area contributed by atoms with E-state index in [1.807, 2.05) is 22.2 Å². The van der Waals surface area contributed by atoms with Crippen LogP contribution in [0.5, 0.6) is 0 Å². The van der Waals surface area contributed by atoms with Crippen molar-refractivity contribution in [1.29, 1.82) is 0 Å². The molecule has 86 valence electrons. The first kappa shape index (κ1) is 9.80. The Morgan fingerprint density at radius 3 is 3.19 bits per heavy atom. The summed E-state index contributed by atoms with van der Waals surface area (Å²) in [7, 11) is 0. The molecule has 0 saturated carbocycles. The van der Waals surface area contributed by atoms with Gasteiger partial charge in [0.25, 0.3) is 0 Å². The van der Waals surface area contributed by atoms with E-state index < -0.39 is 0 Å². The van der Waals surface area contributed by atoms with E-state index in [9.17, 15) is 0 Å². The summed E-state index contributed by atoms with van der Waals surface area (Å²) in [4.78, 5) is 12.3. The Morgan fingerprint density at radius 1 is 1.44 bits per heavy atom. The van der Waals surface area contributed by atoms with E-state index in [0.717, 1.165) is 18.8 Å². The molecular formula is C10H14N4O2. The van der Waals surface area contributed by atoms with Crippen LogP contribution in [-0.2, 0) is 4.74 Å². The van der Waals surface area contributed by atoms with Gasteiger partial charge in [0.1, 0.15) is 19.2 Å². The average molecular weight is 222 g/mol. The maximum absolute atomic E-state index is 9.04. The largest absolute Gasteiger partial charge is 0.394 e. The van der Waals surface area contributed by atoms with E-state index in [2.05, 4.69) is 9.98 Å². The summed E-state index contributed by atoms with van der Waals surface area (Å²) in [6, 6.07) is 0. The number of aliphatic hydroxyl groups excluding tert-OH is 1. The van der Waals surface area contributed by atoms with E-state index in [1.54, 1.807) is 6.34 Å². The summed E-state index contributed by atoms with van der Waals surface area (Å²) in [5, 5.41) is 9.04. The summed E-state index contributed by atoms with van der Waals surface area (Å²) >= 11 is 0. The molecule has 3 aliphatic heterocycles. The van der Waals surface area contributed by atoms with Crippen molar-refractivity contribution in [3.63, 3.8) is 0 Å². The first-order chi connectivity index (χ1) is 7.88. The van der Waals surface area contributed by atoms with Crippen molar-refractivity contribution in [2.75, 3.05) is 13.3 Å². The molecule has 0 bridgehead atoms. The Labute approximate surface area is 93.5 Å². The van der Waals surface area contributed by atoms with Crippen molar-refractivity contribution >= 4 is 12.3 Å². The highest BCUT2D eigenvalue weighted by atomic mass is 16.5. The molecule has 3 heterocycles. The highest BCUT2D eigenvalue weighted by molar-refractivity contribution is 5.91. The highest BCUT2D eigenvalue weighted by Gasteiger charge is 2.34. The molecule has 0 aliphatic carbocycles. The maximum atomic E-state index is 9.04. The van der Waals surface area contributed by atoms with Crippen LogP contribution in [0.1, 0.15) is 12.8 Å². The van der Waals surface area contributed by atoms with Gasteiger partial charge in [0.15, 0.2) is 0 Å². The lowest BCUT2D eigenvalue weighted by molar-refractivity contribution is -0.0294. The molecule has 0 aromatic heterocycles. The molecule has 1 N–H and O–H groups in total. The van der Waals surface area contributed by atoms with Crippen LogP contribution < -0.4 is 0 Å². The van der Waals surface area contributed by atoms with E-state index in [4.69, 9.17) is 9.84 Å². The fourth-order valence-corrected chi connectivity index (χ4v) is 2.15. The van der Waals surface area contributed by atoms with Gasteiger partial charge in [0.2, 0.25) is 5.96 Å². The number of rotatable bonds is 2. The first-order valence-corrected chi connectivity index (χ1v) is 5.44. The van der Waals surface area contributed by atoms with Gasteiger partial charge in [0.05, 0.1) is 12.7 Å². The van der Waals surface area contributed by atoms with Crippen LogP contribution in [0.4, 0.5) is 0 Å². The number of aliphatic hydroxyl groups is 1. The average Bonchev–Trinajstić information content (AvgIpc) is 2.94. The van der Waals surface area contributed by atoms with E-state index in [1.165, 1.54) is 0 Å². The third-order valence-electron chi connectivity index (χ3n) is 2.98. The zero-order valence-electron chi connectivity index (χ0n) is 8.86. The molecule has 6 heteroatoms. The van der Waals surface area contributed by atoms with E-state index >= 15 is 0 Å². The van der Waals surface area contributed by atoms with Crippen molar-refractivity contribution in [3.05, 3.63) is 12.4 Å². The zero-order chi connectivity index (χ0) is 11.0. The lowest BCUT2D eigenvalue weighted by Gasteiger charge is -2.27. The number of hydrogen-bond acceptors (Lipinski definition) is 6. The van der Waals surface area contributed by atoms with Gasteiger partial charge in [-0.2, -0.15) is 0 Å². The van der Waals surface area contributed by atoms with E-state index in [-0.39, 0.29) is 18.9 Å². The molecule has 0 aromatic rings. The summed E-state index contributed by atoms with van der Waals surface area (Å²) in [5.74, 6) is 0.860. The Hall–Kier alpha value is -1.40. The molecule has 0 radical (unpaired) electrons. The molecule has 3 aliphatic rings. The van der Waals surface area contributed by atoms with Gasteiger partial charge >= 0.3 is 0 Å². The standard InChI is InChI=1S/C10H14N4O2/c15-5-8-1-2-9(16-8)14-4-3-13-7-11-6-12-10(13)14/h3-4,6,8-9,15H,1-2,5,7H2/t8-,9+/m0/s1. The van der Waals surface area contributed by atoms with Crippen LogP contribution in [0.15, 0.2) is 22.4 Å². The van der Waals surface area contributed by atoms with Crippen LogP contribution in [0.3, 0.4) is 0 Å². The summed E-state index contributed by atoms with van der Waals surface area (Å²) in [6.45, 7) is 0.702. The molecule has 3 rings (SSSR count). The number of ether oxygens (including phenoxy) is 1. The summed E-state index contributed by atoms with van der Waals surface area (Å²) in [5.41, 5.74) is 0. The van der Waals surface area contributed by atoms with Gasteiger partial charge < -0.3 is 9.84 Å². The van der Waals surface area contributed by atoms with Gasteiger partial charge in [-0.05, 0) is 12.8 Å². The highest BCUT2D eigenvalue weighted by Crippen LogP contribution is 2.26. The molecule has 0 unspecified atom stereocenters. The Balaban J connectivity index is 1.74. The summed E-state index contributed by atoms with van der Waals surface area (Å²) < 4.78 is 5.72. The predicted molar refractivity (Wildman–Crippen MR) is 58.6 cm³/mol. The molecule has 1 saturated heterocycles.